The van der Waals surface area contributed by atoms with Crippen molar-refractivity contribution in [2.75, 3.05) is 13.2 Å². The van der Waals surface area contributed by atoms with Gasteiger partial charge in [-0.05, 0) is 30.7 Å². The van der Waals surface area contributed by atoms with Gasteiger partial charge in [0, 0.05) is 24.2 Å². The van der Waals surface area contributed by atoms with Gasteiger partial charge in [-0.3, -0.25) is 14.9 Å². The van der Waals surface area contributed by atoms with Crippen molar-refractivity contribution in [2.24, 2.45) is 0 Å². The molecule has 2 N–H and O–H groups in total. The van der Waals surface area contributed by atoms with Gasteiger partial charge in [0.25, 0.3) is 5.91 Å². The third-order valence-electron chi connectivity index (χ3n) is 4.06. The molecule has 0 bridgehead atoms. The van der Waals surface area contributed by atoms with E-state index in [1.165, 1.54) is 0 Å². The lowest BCUT2D eigenvalue weighted by molar-refractivity contribution is 0.0946. The zero-order chi connectivity index (χ0) is 18.5. The Balaban J connectivity index is 1.26. The second kappa shape index (κ2) is 7.74. The van der Waals surface area contributed by atoms with Crippen molar-refractivity contribution in [2.45, 2.75) is 6.42 Å². The van der Waals surface area contributed by atoms with Crippen LogP contribution in [0.1, 0.15) is 16.9 Å². The molecule has 0 saturated heterocycles. The van der Waals surface area contributed by atoms with Gasteiger partial charge in [-0.1, -0.05) is 18.2 Å². The van der Waals surface area contributed by atoms with Gasteiger partial charge in [0.15, 0.2) is 11.5 Å². The minimum absolute atomic E-state index is 0.240. The molecule has 0 unspecified atom stereocenters. The molecule has 0 aliphatic heterocycles. The van der Waals surface area contributed by atoms with Gasteiger partial charge in [-0.25, -0.2) is 0 Å². The Morgan fingerprint density at radius 1 is 1.19 bits per heavy atom. The van der Waals surface area contributed by atoms with E-state index in [9.17, 15) is 4.79 Å². The average molecular weight is 362 g/mol. The zero-order valence-corrected chi connectivity index (χ0v) is 14.5. The van der Waals surface area contributed by atoms with E-state index in [4.69, 9.17) is 9.15 Å². The molecule has 4 aromatic rings. The highest BCUT2D eigenvalue weighted by Crippen LogP contribution is 2.23. The van der Waals surface area contributed by atoms with Crippen LogP contribution < -0.4 is 10.1 Å². The Kier molecular flexibility index (Phi) is 4.82. The van der Waals surface area contributed by atoms with Crippen molar-refractivity contribution in [3.8, 4) is 17.2 Å². The van der Waals surface area contributed by atoms with Gasteiger partial charge in [-0.2, -0.15) is 5.10 Å². The van der Waals surface area contributed by atoms with Crippen LogP contribution in [0.3, 0.4) is 0 Å². The first-order valence-electron chi connectivity index (χ1n) is 8.65. The molecule has 3 aromatic heterocycles. The number of rotatable bonds is 7. The summed E-state index contributed by atoms with van der Waals surface area (Å²) in [5.41, 5.74) is 1.82. The molecule has 0 atom stereocenters. The van der Waals surface area contributed by atoms with E-state index >= 15 is 0 Å². The summed E-state index contributed by atoms with van der Waals surface area (Å²) in [4.78, 5) is 16.5. The van der Waals surface area contributed by atoms with Crippen LogP contribution in [0.15, 0.2) is 65.4 Å². The normalized spacial score (nSPS) is 10.8. The molecule has 0 radical (unpaired) electrons. The number of para-hydroxylation sites is 1. The predicted molar refractivity (Wildman–Crippen MR) is 100 cm³/mol. The van der Waals surface area contributed by atoms with Gasteiger partial charge in [-0.15, -0.1) is 0 Å². The molecule has 27 heavy (non-hydrogen) atoms. The number of aromatic nitrogens is 3. The zero-order valence-electron chi connectivity index (χ0n) is 14.5. The van der Waals surface area contributed by atoms with Crippen LogP contribution in [0.25, 0.3) is 22.4 Å². The van der Waals surface area contributed by atoms with E-state index in [1.807, 2.05) is 30.3 Å². The molecule has 0 aliphatic carbocycles. The molecular formula is C20H18N4O3. The summed E-state index contributed by atoms with van der Waals surface area (Å²) in [6, 6.07) is 15.0. The number of amides is 1. The molecule has 0 spiro atoms. The van der Waals surface area contributed by atoms with Gasteiger partial charge >= 0.3 is 0 Å². The van der Waals surface area contributed by atoms with Gasteiger partial charge < -0.3 is 14.5 Å². The molecule has 3 heterocycles. The van der Waals surface area contributed by atoms with E-state index in [2.05, 4.69) is 20.5 Å². The summed E-state index contributed by atoms with van der Waals surface area (Å²) in [6.07, 6.45) is 3.99. The van der Waals surface area contributed by atoms with Crippen molar-refractivity contribution in [1.29, 1.82) is 0 Å². The second-order valence-electron chi connectivity index (χ2n) is 5.93. The topological polar surface area (TPSA) is 93.0 Å². The predicted octanol–water partition coefficient (Wildman–Crippen LogP) is 3.42. The highest BCUT2D eigenvalue weighted by Gasteiger charge is 2.12. The quantitative estimate of drug-likeness (QED) is 0.491. The summed E-state index contributed by atoms with van der Waals surface area (Å²) >= 11 is 0. The van der Waals surface area contributed by atoms with Gasteiger partial charge in [0.2, 0.25) is 0 Å². The lowest BCUT2D eigenvalue weighted by Gasteiger charge is -2.08. The van der Waals surface area contributed by atoms with Crippen LogP contribution in [0.4, 0.5) is 0 Å². The number of aromatic amines is 1. The van der Waals surface area contributed by atoms with Crippen molar-refractivity contribution >= 4 is 16.8 Å². The lowest BCUT2D eigenvalue weighted by atomic mass is 10.2. The maximum atomic E-state index is 12.2. The smallest absolute Gasteiger partial charge is 0.271 e. The molecule has 0 aliphatic rings. The lowest BCUT2D eigenvalue weighted by Crippen LogP contribution is -2.25. The van der Waals surface area contributed by atoms with E-state index in [0.29, 0.717) is 36.7 Å². The highest BCUT2D eigenvalue weighted by molar-refractivity contribution is 5.93. The standard InChI is InChI=1S/C20H18N4O3/c25-20(16-13-15(23-24-16)17-8-3-11-26-17)22-10-4-12-27-18-7-1-5-14-6-2-9-21-19(14)18/h1-3,5-9,11,13H,4,10,12H2,(H,22,25)(H,23,24). The number of ether oxygens (including phenoxy) is 1. The Morgan fingerprint density at radius 3 is 3.00 bits per heavy atom. The van der Waals surface area contributed by atoms with E-state index in [1.54, 1.807) is 30.7 Å². The van der Waals surface area contributed by atoms with Crippen LogP contribution in [-0.2, 0) is 0 Å². The number of nitrogens with zero attached hydrogens (tertiary/aromatic N) is 2. The Morgan fingerprint density at radius 2 is 2.11 bits per heavy atom. The number of fused-ring (bicyclic) bond motifs is 1. The molecule has 136 valence electrons. The second-order valence-corrected chi connectivity index (χ2v) is 5.93. The molecule has 4 rings (SSSR count). The molecular weight excluding hydrogens is 344 g/mol. The third-order valence-corrected chi connectivity index (χ3v) is 4.06. The number of furan rings is 1. The summed E-state index contributed by atoms with van der Waals surface area (Å²) in [7, 11) is 0. The number of carbonyl (C=O) groups excluding carboxylic acids is 1. The molecule has 1 amide bonds. The minimum atomic E-state index is -0.240. The van der Waals surface area contributed by atoms with Crippen molar-refractivity contribution < 1.29 is 13.9 Å². The number of hydrogen-bond acceptors (Lipinski definition) is 5. The Hall–Kier alpha value is -3.61. The molecule has 7 nitrogen and oxygen atoms in total. The highest BCUT2D eigenvalue weighted by atomic mass is 16.5. The van der Waals surface area contributed by atoms with Gasteiger partial charge in [0.05, 0.1) is 12.9 Å². The minimum Gasteiger partial charge on any atom is -0.491 e. The van der Waals surface area contributed by atoms with Crippen LogP contribution in [0.5, 0.6) is 5.75 Å². The summed E-state index contributed by atoms with van der Waals surface area (Å²) in [6.45, 7) is 0.966. The fourth-order valence-electron chi connectivity index (χ4n) is 2.74. The fraction of sp³-hybridized carbons (Fsp3) is 0.150. The fourth-order valence-corrected chi connectivity index (χ4v) is 2.74. The first-order valence-corrected chi connectivity index (χ1v) is 8.65. The largest absolute Gasteiger partial charge is 0.491 e. The average Bonchev–Trinajstić information content (AvgIpc) is 3.39. The number of H-pyrrole nitrogens is 1. The maximum absolute atomic E-state index is 12.2. The maximum Gasteiger partial charge on any atom is 0.271 e. The molecule has 0 fully saturated rings. The Labute approximate surface area is 155 Å². The first-order chi connectivity index (χ1) is 13.3. The van der Waals surface area contributed by atoms with E-state index in [0.717, 1.165) is 16.7 Å². The first kappa shape index (κ1) is 16.8. The number of hydrogen-bond donors (Lipinski definition) is 2. The van der Waals surface area contributed by atoms with E-state index < -0.39 is 0 Å². The number of carbonyl (C=O) groups is 1. The molecule has 1 aromatic carbocycles. The monoisotopic (exact) mass is 362 g/mol. The molecule has 0 saturated carbocycles. The van der Waals surface area contributed by atoms with Crippen LogP contribution >= 0.6 is 0 Å². The third kappa shape index (κ3) is 3.82. The van der Waals surface area contributed by atoms with Crippen LogP contribution in [-0.4, -0.2) is 34.2 Å². The van der Waals surface area contributed by atoms with Gasteiger partial charge in [0.1, 0.15) is 17.0 Å². The van der Waals surface area contributed by atoms with E-state index in [-0.39, 0.29) is 5.91 Å². The SMILES string of the molecule is O=C(NCCCOc1cccc2cccnc12)c1cc(-c2ccco2)[nH]n1. The van der Waals surface area contributed by atoms with Crippen molar-refractivity contribution in [3.63, 3.8) is 0 Å². The number of benzene rings is 1. The summed E-state index contributed by atoms with van der Waals surface area (Å²) in [5.74, 6) is 1.14. The van der Waals surface area contributed by atoms with Crippen molar-refractivity contribution in [1.82, 2.24) is 20.5 Å². The Bertz CT molecular complexity index is 1040. The van der Waals surface area contributed by atoms with Crippen molar-refractivity contribution in [3.05, 3.63) is 66.7 Å². The summed E-state index contributed by atoms with van der Waals surface area (Å²) in [5, 5.41) is 10.7. The molecule has 7 heteroatoms. The summed E-state index contributed by atoms with van der Waals surface area (Å²) < 4.78 is 11.1. The van der Waals surface area contributed by atoms with Crippen LogP contribution in [0, 0.1) is 0 Å². The van der Waals surface area contributed by atoms with Crippen LogP contribution in [0.2, 0.25) is 0 Å². The number of nitrogens with one attached hydrogen (secondary N) is 2. The number of pyridine rings is 1.